The van der Waals surface area contributed by atoms with Crippen molar-refractivity contribution in [1.29, 1.82) is 0 Å². The number of rotatable bonds is 3. The molecule has 6 heteroatoms. The first-order valence-electron chi connectivity index (χ1n) is 8.12. The quantitative estimate of drug-likeness (QED) is 0.643. The third-order valence-electron chi connectivity index (χ3n) is 4.48. The normalized spacial score (nSPS) is 20.1. The van der Waals surface area contributed by atoms with Crippen LogP contribution in [0.2, 0.25) is 5.02 Å². The molecular weight excluding hydrogens is 407 g/mol. The van der Waals surface area contributed by atoms with Crippen LogP contribution in [0, 0.1) is 5.92 Å². The fraction of sp³-hybridized carbons (Fsp3) is 0.263. The van der Waals surface area contributed by atoms with Crippen LogP contribution in [0.3, 0.4) is 0 Å². The highest BCUT2D eigenvalue weighted by molar-refractivity contribution is 9.10. The molecule has 1 heterocycles. The van der Waals surface area contributed by atoms with Gasteiger partial charge in [-0.1, -0.05) is 45.7 Å². The van der Waals surface area contributed by atoms with Gasteiger partial charge in [0.05, 0.1) is 11.4 Å². The number of amides is 1. The largest absolute Gasteiger partial charge is 0.307 e. The molecule has 2 aromatic rings. The third-order valence-corrected chi connectivity index (χ3v) is 5.31. The molecule has 3 nitrogen and oxygen atoms in total. The molecule has 0 radical (unpaired) electrons. The maximum atomic E-state index is 14.7. The Bertz CT molecular complexity index is 881. The van der Waals surface area contributed by atoms with Gasteiger partial charge in [-0.25, -0.2) is 9.38 Å². The number of benzodiazepines with no additional fused rings is 1. The highest BCUT2D eigenvalue weighted by Crippen LogP contribution is 2.37. The van der Waals surface area contributed by atoms with E-state index in [2.05, 4.69) is 20.9 Å². The summed E-state index contributed by atoms with van der Waals surface area (Å²) in [6.07, 6.45) is 0.214. The summed E-state index contributed by atoms with van der Waals surface area (Å²) in [5.74, 6) is -0.174. The van der Waals surface area contributed by atoms with Crippen LogP contribution >= 0.6 is 27.5 Å². The van der Waals surface area contributed by atoms with Crippen LogP contribution in [0.5, 0.6) is 0 Å². The molecule has 4 rings (SSSR count). The Morgan fingerprint density at radius 2 is 1.96 bits per heavy atom. The number of aliphatic imine (C=N–C) groups is 1. The summed E-state index contributed by atoms with van der Waals surface area (Å²) in [4.78, 5) is 18.3. The van der Waals surface area contributed by atoms with Gasteiger partial charge in [0.25, 0.3) is 12.2 Å². The van der Waals surface area contributed by atoms with Gasteiger partial charge in [0.15, 0.2) is 0 Å². The first-order valence-corrected chi connectivity index (χ1v) is 9.30. The summed E-state index contributed by atoms with van der Waals surface area (Å²) in [6.45, 7) is 0.527. The molecule has 1 aliphatic heterocycles. The zero-order valence-electron chi connectivity index (χ0n) is 13.3. The molecule has 128 valence electrons. The molecule has 0 spiro atoms. The predicted octanol–water partition coefficient (Wildman–Crippen LogP) is 4.99. The number of carbonyl (C=O) groups excluding carboxylic acids is 1. The van der Waals surface area contributed by atoms with Gasteiger partial charge in [-0.05, 0) is 43.0 Å². The van der Waals surface area contributed by atoms with Crippen molar-refractivity contribution in [2.75, 3.05) is 11.4 Å². The molecule has 1 amide bonds. The van der Waals surface area contributed by atoms with Gasteiger partial charge in [-0.2, -0.15) is 0 Å². The molecule has 2 aliphatic rings. The molecular formula is C19H15BrClFN2O. The van der Waals surface area contributed by atoms with Crippen LogP contribution in [0.15, 0.2) is 51.9 Å². The molecule has 0 N–H and O–H groups in total. The van der Waals surface area contributed by atoms with E-state index in [9.17, 15) is 9.18 Å². The van der Waals surface area contributed by atoms with Gasteiger partial charge < -0.3 is 4.90 Å². The lowest BCUT2D eigenvalue weighted by atomic mass is 10.00. The summed E-state index contributed by atoms with van der Waals surface area (Å²) in [5.41, 5.74) is 2.41. The Morgan fingerprint density at radius 1 is 1.20 bits per heavy atom. The summed E-state index contributed by atoms with van der Waals surface area (Å²) >= 11 is 9.78. The van der Waals surface area contributed by atoms with E-state index in [1.165, 1.54) is 4.90 Å². The monoisotopic (exact) mass is 420 g/mol. The first kappa shape index (κ1) is 16.7. The lowest BCUT2D eigenvalue weighted by molar-refractivity contribution is -0.123. The van der Waals surface area contributed by atoms with Gasteiger partial charge in [0, 0.05) is 27.2 Å². The standard InChI is InChI=1S/C19H15BrClFN2O/c20-12-7-8-16-14(9-12)17(13-3-1-2-4-15(13)21)23-18(22)19(25)24(16)10-11-5-6-11/h1-4,7-9,11,18H,5-6,10H2. The molecule has 1 saturated carbocycles. The molecule has 2 aromatic carbocycles. The lowest BCUT2D eigenvalue weighted by Crippen LogP contribution is -2.37. The number of nitrogens with zero attached hydrogens (tertiary/aromatic N) is 2. The van der Waals surface area contributed by atoms with Crippen LogP contribution < -0.4 is 4.90 Å². The third kappa shape index (κ3) is 3.23. The van der Waals surface area contributed by atoms with Gasteiger partial charge >= 0.3 is 0 Å². The SMILES string of the molecule is O=C1C(F)N=C(c2ccccc2Cl)c2cc(Br)ccc2N1CC1CC1. The van der Waals surface area contributed by atoms with E-state index >= 15 is 0 Å². The number of fused-ring (bicyclic) bond motifs is 1. The van der Waals surface area contributed by atoms with E-state index in [4.69, 9.17) is 11.6 Å². The Kier molecular flexibility index (Phi) is 4.38. The van der Waals surface area contributed by atoms with Crippen molar-refractivity contribution in [3.8, 4) is 0 Å². The van der Waals surface area contributed by atoms with Crippen molar-refractivity contribution in [2.24, 2.45) is 10.9 Å². The smallest absolute Gasteiger partial charge is 0.284 e. The molecule has 0 bridgehead atoms. The molecule has 1 aliphatic carbocycles. The zero-order valence-corrected chi connectivity index (χ0v) is 15.6. The van der Waals surface area contributed by atoms with E-state index in [-0.39, 0.29) is 0 Å². The Balaban J connectivity index is 1.91. The molecule has 0 saturated heterocycles. The van der Waals surface area contributed by atoms with Crippen molar-refractivity contribution in [2.45, 2.75) is 19.1 Å². The predicted molar refractivity (Wildman–Crippen MR) is 101 cm³/mol. The minimum atomic E-state index is -1.93. The summed E-state index contributed by atoms with van der Waals surface area (Å²) < 4.78 is 15.5. The van der Waals surface area contributed by atoms with Crippen molar-refractivity contribution in [3.63, 3.8) is 0 Å². The van der Waals surface area contributed by atoms with Crippen LogP contribution in [0.1, 0.15) is 24.0 Å². The van der Waals surface area contributed by atoms with Crippen molar-refractivity contribution in [3.05, 3.63) is 63.1 Å². The maximum absolute atomic E-state index is 14.7. The van der Waals surface area contributed by atoms with Crippen molar-refractivity contribution < 1.29 is 9.18 Å². The van der Waals surface area contributed by atoms with Gasteiger partial charge in [-0.15, -0.1) is 0 Å². The number of hydrogen-bond donors (Lipinski definition) is 0. The molecule has 0 aromatic heterocycles. The van der Waals surface area contributed by atoms with Gasteiger partial charge in [-0.3, -0.25) is 4.79 Å². The van der Waals surface area contributed by atoms with Crippen LogP contribution in [-0.2, 0) is 4.79 Å². The maximum Gasteiger partial charge on any atom is 0.284 e. The topological polar surface area (TPSA) is 32.7 Å². The molecule has 25 heavy (non-hydrogen) atoms. The number of carbonyl (C=O) groups is 1. The fourth-order valence-electron chi connectivity index (χ4n) is 3.03. The summed E-state index contributed by atoms with van der Waals surface area (Å²) in [7, 11) is 0. The van der Waals surface area contributed by atoms with E-state index in [0.29, 0.717) is 40.0 Å². The second kappa shape index (κ2) is 6.54. The average molecular weight is 422 g/mol. The Hall–Kier alpha value is -1.72. The number of alkyl halides is 1. The number of benzene rings is 2. The highest BCUT2D eigenvalue weighted by atomic mass is 79.9. The molecule has 1 fully saturated rings. The van der Waals surface area contributed by atoms with Crippen LogP contribution in [0.25, 0.3) is 0 Å². The first-order chi connectivity index (χ1) is 12.0. The summed E-state index contributed by atoms with van der Waals surface area (Å²) in [6, 6.07) is 12.7. The Morgan fingerprint density at radius 3 is 2.68 bits per heavy atom. The fourth-order valence-corrected chi connectivity index (χ4v) is 3.62. The number of halogens is 3. The van der Waals surface area contributed by atoms with E-state index in [0.717, 1.165) is 17.3 Å². The van der Waals surface area contributed by atoms with E-state index in [1.807, 2.05) is 30.3 Å². The summed E-state index contributed by atoms with van der Waals surface area (Å²) in [5, 5.41) is 0.475. The van der Waals surface area contributed by atoms with Crippen LogP contribution in [-0.4, -0.2) is 24.5 Å². The van der Waals surface area contributed by atoms with E-state index in [1.54, 1.807) is 12.1 Å². The minimum absolute atomic E-state index is 0.404. The number of anilines is 1. The highest BCUT2D eigenvalue weighted by Gasteiger charge is 2.36. The minimum Gasteiger partial charge on any atom is -0.307 e. The zero-order chi connectivity index (χ0) is 17.6. The van der Waals surface area contributed by atoms with Gasteiger partial charge in [0.1, 0.15) is 0 Å². The van der Waals surface area contributed by atoms with Crippen molar-refractivity contribution in [1.82, 2.24) is 0 Å². The second-order valence-electron chi connectivity index (χ2n) is 6.35. The molecule has 1 atom stereocenters. The Labute approximate surface area is 158 Å². The van der Waals surface area contributed by atoms with Gasteiger partial charge in [0.2, 0.25) is 0 Å². The lowest BCUT2D eigenvalue weighted by Gasteiger charge is -2.23. The molecule has 1 unspecified atom stereocenters. The van der Waals surface area contributed by atoms with Crippen LogP contribution in [0.4, 0.5) is 10.1 Å². The van der Waals surface area contributed by atoms with Crippen molar-refractivity contribution >= 4 is 44.8 Å². The number of hydrogen-bond acceptors (Lipinski definition) is 2. The van der Waals surface area contributed by atoms with E-state index < -0.39 is 12.2 Å². The average Bonchev–Trinajstić information content (AvgIpc) is 3.42. The second-order valence-corrected chi connectivity index (χ2v) is 7.67.